The average Bonchev–Trinajstić information content (AvgIpc) is 2.98. The molecule has 1 atom stereocenters. The van der Waals surface area contributed by atoms with Crippen LogP contribution in [0.15, 0.2) is 24.3 Å². The second kappa shape index (κ2) is 7.41. The molecule has 0 aliphatic carbocycles. The lowest BCUT2D eigenvalue weighted by molar-refractivity contribution is 0.0943. The highest BCUT2D eigenvalue weighted by molar-refractivity contribution is 7.20. The molecule has 26 heavy (non-hydrogen) atoms. The standard InChI is InChI=1S/C20H23N3O2S/c1-6-16-21-13(4)17-11(2)18(26-20(17)23-16)19(24)22-12(3)14-9-7-8-10-15(14)25-5/h7-10,12H,6H2,1-5H3,(H,22,24)/t12-/m0/s1. The Kier molecular flexibility index (Phi) is 5.23. The number of carbonyl (C=O) groups excluding carboxylic acids is 1. The molecule has 0 unspecified atom stereocenters. The molecule has 0 bridgehead atoms. The Morgan fingerprint density at radius 1 is 1.27 bits per heavy atom. The molecule has 5 nitrogen and oxygen atoms in total. The number of benzene rings is 1. The molecule has 136 valence electrons. The molecule has 0 aliphatic heterocycles. The number of ether oxygens (including phenoxy) is 1. The second-order valence-electron chi connectivity index (χ2n) is 6.25. The number of hydrogen-bond donors (Lipinski definition) is 1. The first-order valence-electron chi connectivity index (χ1n) is 8.66. The zero-order chi connectivity index (χ0) is 18.8. The van der Waals surface area contributed by atoms with Crippen molar-refractivity contribution < 1.29 is 9.53 Å². The van der Waals surface area contributed by atoms with Gasteiger partial charge in [-0.05, 0) is 32.4 Å². The Morgan fingerprint density at radius 2 is 2.00 bits per heavy atom. The molecule has 0 spiro atoms. The lowest BCUT2D eigenvalue weighted by Gasteiger charge is -2.17. The van der Waals surface area contributed by atoms with E-state index in [4.69, 9.17) is 4.74 Å². The molecule has 3 rings (SSSR count). The maximum Gasteiger partial charge on any atom is 0.262 e. The van der Waals surface area contributed by atoms with E-state index in [2.05, 4.69) is 15.3 Å². The zero-order valence-corrected chi connectivity index (χ0v) is 16.5. The Balaban J connectivity index is 1.93. The number of aryl methyl sites for hydroxylation is 3. The summed E-state index contributed by atoms with van der Waals surface area (Å²) in [6.07, 6.45) is 0.778. The van der Waals surface area contributed by atoms with Crippen LogP contribution in [0.25, 0.3) is 10.2 Å². The number of nitrogens with one attached hydrogen (secondary N) is 1. The number of amides is 1. The molecule has 0 aliphatic rings. The Morgan fingerprint density at radius 3 is 2.69 bits per heavy atom. The van der Waals surface area contributed by atoms with Crippen LogP contribution in [0.4, 0.5) is 0 Å². The maximum absolute atomic E-state index is 12.9. The molecular formula is C20H23N3O2S. The van der Waals surface area contributed by atoms with E-state index in [9.17, 15) is 4.79 Å². The molecule has 6 heteroatoms. The highest BCUT2D eigenvalue weighted by atomic mass is 32.1. The predicted octanol–water partition coefficient (Wildman–Crippen LogP) is 4.37. The van der Waals surface area contributed by atoms with Gasteiger partial charge in [0.1, 0.15) is 16.4 Å². The third-order valence-corrected chi connectivity index (χ3v) is 5.68. The van der Waals surface area contributed by atoms with Crippen LogP contribution in [0.3, 0.4) is 0 Å². The van der Waals surface area contributed by atoms with Gasteiger partial charge in [-0.3, -0.25) is 4.79 Å². The quantitative estimate of drug-likeness (QED) is 0.725. The summed E-state index contributed by atoms with van der Waals surface area (Å²) >= 11 is 1.43. The van der Waals surface area contributed by atoms with Crippen molar-refractivity contribution in [1.82, 2.24) is 15.3 Å². The van der Waals surface area contributed by atoms with Crippen LogP contribution in [0.5, 0.6) is 5.75 Å². The van der Waals surface area contributed by atoms with E-state index in [-0.39, 0.29) is 11.9 Å². The van der Waals surface area contributed by atoms with Crippen LogP contribution in [0.1, 0.15) is 52.2 Å². The minimum Gasteiger partial charge on any atom is -0.496 e. The lowest BCUT2D eigenvalue weighted by Crippen LogP contribution is -2.26. The molecular weight excluding hydrogens is 346 g/mol. The molecule has 1 N–H and O–H groups in total. The van der Waals surface area contributed by atoms with Crippen LogP contribution < -0.4 is 10.1 Å². The number of para-hydroxylation sites is 1. The van der Waals surface area contributed by atoms with Gasteiger partial charge in [0.15, 0.2) is 0 Å². The number of carbonyl (C=O) groups is 1. The lowest BCUT2D eigenvalue weighted by atomic mass is 10.1. The summed E-state index contributed by atoms with van der Waals surface area (Å²) < 4.78 is 5.40. The predicted molar refractivity (Wildman–Crippen MR) is 105 cm³/mol. The summed E-state index contributed by atoms with van der Waals surface area (Å²) in [5.74, 6) is 1.48. The average molecular weight is 369 g/mol. The fraction of sp³-hybridized carbons (Fsp3) is 0.350. The van der Waals surface area contributed by atoms with E-state index in [1.807, 2.05) is 52.0 Å². The van der Waals surface area contributed by atoms with Crippen molar-refractivity contribution >= 4 is 27.5 Å². The summed E-state index contributed by atoms with van der Waals surface area (Å²) in [4.78, 5) is 23.6. The van der Waals surface area contributed by atoms with Gasteiger partial charge in [0, 0.05) is 23.1 Å². The van der Waals surface area contributed by atoms with Crippen LogP contribution in [-0.4, -0.2) is 23.0 Å². The summed E-state index contributed by atoms with van der Waals surface area (Å²) in [6, 6.07) is 7.55. The number of aromatic nitrogens is 2. The van der Waals surface area contributed by atoms with E-state index in [1.54, 1.807) is 7.11 Å². The van der Waals surface area contributed by atoms with E-state index in [1.165, 1.54) is 11.3 Å². The molecule has 2 heterocycles. The Bertz CT molecular complexity index is 965. The molecule has 0 radical (unpaired) electrons. The van der Waals surface area contributed by atoms with Crippen LogP contribution in [0.2, 0.25) is 0 Å². The van der Waals surface area contributed by atoms with Gasteiger partial charge in [-0.1, -0.05) is 25.1 Å². The third kappa shape index (κ3) is 3.29. The SMILES string of the molecule is CCc1nc(C)c2c(C)c(C(=O)N[C@@H](C)c3ccccc3OC)sc2n1. The first-order chi connectivity index (χ1) is 12.5. The molecule has 1 aromatic carbocycles. The Labute approximate surface area is 157 Å². The minimum atomic E-state index is -0.165. The molecule has 1 amide bonds. The molecule has 0 saturated heterocycles. The summed E-state index contributed by atoms with van der Waals surface area (Å²) in [6.45, 7) is 7.92. The van der Waals surface area contributed by atoms with Gasteiger partial charge in [-0.25, -0.2) is 9.97 Å². The van der Waals surface area contributed by atoms with Gasteiger partial charge in [-0.15, -0.1) is 11.3 Å². The monoisotopic (exact) mass is 369 g/mol. The van der Waals surface area contributed by atoms with E-state index >= 15 is 0 Å². The van der Waals surface area contributed by atoms with Crippen LogP contribution in [-0.2, 0) is 6.42 Å². The fourth-order valence-electron chi connectivity index (χ4n) is 3.13. The van der Waals surface area contributed by atoms with Gasteiger partial charge < -0.3 is 10.1 Å². The van der Waals surface area contributed by atoms with Crippen molar-refractivity contribution in [1.29, 1.82) is 0 Å². The van der Waals surface area contributed by atoms with Gasteiger partial charge in [0.05, 0.1) is 18.0 Å². The molecule has 0 saturated carbocycles. The van der Waals surface area contributed by atoms with Crippen LogP contribution >= 0.6 is 11.3 Å². The smallest absolute Gasteiger partial charge is 0.262 e. The van der Waals surface area contributed by atoms with Gasteiger partial charge in [0.25, 0.3) is 5.91 Å². The first kappa shape index (κ1) is 18.3. The highest BCUT2D eigenvalue weighted by Gasteiger charge is 2.21. The maximum atomic E-state index is 12.9. The number of hydrogen-bond acceptors (Lipinski definition) is 5. The van der Waals surface area contributed by atoms with E-state index < -0.39 is 0 Å². The summed E-state index contributed by atoms with van der Waals surface area (Å²) in [5.41, 5.74) is 2.82. The van der Waals surface area contributed by atoms with E-state index in [0.717, 1.165) is 45.0 Å². The van der Waals surface area contributed by atoms with Crippen molar-refractivity contribution in [3.05, 3.63) is 51.8 Å². The number of methoxy groups -OCH3 is 1. The summed E-state index contributed by atoms with van der Waals surface area (Å²) in [7, 11) is 1.64. The largest absolute Gasteiger partial charge is 0.496 e. The Hall–Kier alpha value is -2.47. The van der Waals surface area contributed by atoms with Gasteiger partial charge >= 0.3 is 0 Å². The van der Waals surface area contributed by atoms with Crippen LogP contribution in [0, 0.1) is 13.8 Å². The third-order valence-electron chi connectivity index (χ3n) is 4.49. The van der Waals surface area contributed by atoms with Crippen molar-refractivity contribution in [2.24, 2.45) is 0 Å². The normalized spacial score (nSPS) is 12.2. The summed E-state index contributed by atoms with van der Waals surface area (Å²) in [5, 5.41) is 4.07. The van der Waals surface area contributed by atoms with E-state index in [0.29, 0.717) is 4.88 Å². The number of rotatable bonds is 5. The first-order valence-corrected chi connectivity index (χ1v) is 9.48. The minimum absolute atomic E-state index is 0.0960. The molecule has 3 aromatic rings. The second-order valence-corrected chi connectivity index (χ2v) is 7.25. The van der Waals surface area contributed by atoms with Crippen molar-refractivity contribution in [3.63, 3.8) is 0 Å². The zero-order valence-electron chi connectivity index (χ0n) is 15.7. The van der Waals surface area contributed by atoms with Gasteiger partial charge in [-0.2, -0.15) is 0 Å². The highest BCUT2D eigenvalue weighted by Crippen LogP contribution is 2.32. The number of nitrogens with zero attached hydrogens (tertiary/aromatic N) is 2. The number of thiophene rings is 1. The van der Waals surface area contributed by atoms with Crippen molar-refractivity contribution in [2.75, 3.05) is 7.11 Å². The molecule has 2 aromatic heterocycles. The molecule has 0 fully saturated rings. The topological polar surface area (TPSA) is 64.1 Å². The fourth-order valence-corrected chi connectivity index (χ4v) is 4.29. The van der Waals surface area contributed by atoms with Crippen molar-refractivity contribution in [3.8, 4) is 5.75 Å². The number of fused-ring (bicyclic) bond motifs is 1. The van der Waals surface area contributed by atoms with Gasteiger partial charge in [0.2, 0.25) is 0 Å². The van der Waals surface area contributed by atoms with Crippen molar-refractivity contribution in [2.45, 2.75) is 40.2 Å².